The van der Waals surface area contributed by atoms with Gasteiger partial charge in [0.25, 0.3) is 5.91 Å². The lowest BCUT2D eigenvalue weighted by Crippen LogP contribution is -2.59. The molecule has 4 atom stereocenters. The van der Waals surface area contributed by atoms with Gasteiger partial charge in [0.15, 0.2) is 0 Å². The highest BCUT2D eigenvalue weighted by atomic mass is 35.5. The highest BCUT2D eigenvalue weighted by Crippen LogP contribution is 2.45. The Morgan fingerprint density at radius 3 is 2.13 bits per heavy atom. The van der Waals surface area contributed by atoms with E-state index in [0.717, 1.165) is 29.5 Å². The summed E-state index contributed by atoms with van der Waals surface area (Å²) in [6.07, 6.45) is 2.15. The van der Waals surface area contributed by atoms with Gasteiger partial charge < -0.3 is 20.1 Å². The van der Waals surface area contributed by atoms with Crippen molar-refractivity contribution in [3.8, 4) is 6.07 Å². The van der Waals surface area contributed by atoms with Crippen molar-refractivity contribution in [3.63, 3.8) is 0 Å². The van der Waals surface area contributed by atoms with Crippen molar-refractivity contribution in [1.29, 1.82) is 5.26 Å². The van der Waals surface area contributed by atoms with Crippen LogP contribution in [0, 0.1) is 16.7 Å². The summed E-state index contributed by atoms with van der Waals surface area (Å²) in [5.41, 5.74) is 1.81. The molecule has 0 aromatic heterocycles. The Kier molecular flexibility index (Phi) is 10.7. The van der Waals surface area contributed by atoms with Crippen LogP contribution in [0.15, 0.2) is 72.8 Å². The van der Waals surface area contributed by atoms with Crippen molar-refractivity contribution in [1.82, 2.24) is 10.2 Å². The normalized spacial score (nSPS) is 21.4. The molecule has 8 nitrogen and oxygen atoms in total. The van der Waals surface area contributed by atoms with Gasteiger partial charge in [0.1, 0.15) is 18.2 Å². The van der Waals surface area contributed by atoms with Crippen LogP contribution in [0.1, 0.15) is 79.8 Å². The van der Waals surface area contributed by atoms with Crippen LogP contribution in [0.2, 0.25) is 10.0 Å². The molecule has 0 radical (unpaired) electrons. The van der Waals surface area contributed by atoms with Gasteiger partial charge in [-0.05, 0) is 72.4 Å². The average Bonchev–Trinajstić information content (AvgIpc) is 3.55. The number of morpholine rings is 1. The SMILES string of the molecule is CCC[C@@H](C(=O)NCC1(C(=O)O)CCCC1)N1C(=O)[C@@H](Cc2ccc(C#N)cc2)O[C@H](c2ccc(Cl)cc2)[C@@H]1c1ccc(Cl)cc1. The van der Waals surface area contributed by atoms with Gasteiger partial charge in [0.2, 0.25) is 5.91 Å². The van der Waals surface area contributed by atoms with Crippen LogP contribution < -0.4 is 5.32 Å². The maximum absolute atomic E-state index is 14.6. The second-order valence-electron chi connectivity index (χ2n) is 12.2. The van der Waals surface area contributed by atoms with E-state index in [-0.39, 0.29) is 18.9 Å². The van der Waals surface area contributed by atoms with Crippen LogP contribution in [-0.2, 0) is 25.5 Å². The van der Waals surface area contributed by atoms with E-state index in [4.69, 9.17) is 27.9 Å². The number of hydrogen-bond acceptors (Lipinski definition) is 5. The number of carbonyl (C=O) groups is 3. The van der Waals surface area contributed by atoms with Crippen molar-refractivity contribution in [2.75, 3.05) is 6.54 Å². The summed E-state index contributed by atoms with van der Waals surface area (Å²) in [7, 11) is 0. The van der Waals surface area contributed by atoms with Crippen LogP contribution in [0.5, 0.6) is 0 Å². The number of ether oxygens (including phenoxy) is 1. The van der Waals surface area contributed by atoms with E-state index in [2.05, 4.69) is 11.4 Å². The van der Waals surface area contributed by atoms with Crippen LogP contribution in [0.25, 0.3) is 0 Å². The molecular weight excluding hydrogens is 625 g/mol. The largest absolute Gasteiger partial charge is 0.481 e. The van der Waals surface area contributed by atoms with Crippen molar-refractivity contribution in [2.24, 2.45) is 5.41 Å². The standard InChI is InChI=1S/C36H37Cl2N3O5/c1-2-5-29(33(42)40-22-36(35(44)45)18-3-4-19-36)41-31(25-10-14-27(37)15-11-25)32(26-12-16-28(38)17-13-26)46-30(34(41)43)20-23-6-8-24(21-39)9-7-23/h6-17,29-32H,2-5,18-20,22H2,1H3,(H,40,42)(H,44,45)/t29-,30+,31-,32+/m0/s1. The van der Waals surface area contributed by atoms with E-state index in [0.29, 0.717) is 41.3 Å². The lowest BCUT2D eigenvalue weighted by atomic mass is 9.86. The third-order valence-corrected chi connectivity index (χ3v) is 9.66. The predicted molar refractivity (Wildman–Crippen MR) is 175 cm³/mol. The van der Waals surface area contributed by atoms with Gasteiger partial charge in [-0.2, -0.15) is 5.26 Å². The summed E-state index contributed by atoms with van der Waals surface area (Å²) in [4.78, 5) is 42.7. The first-order valence-electron chi connectivity index (χ1n) is 15.6. The zero-order valence-corrected chi connectivity index (χ0v) is 27.1. The van der Waals surface area contributed by atoms with Crippen molar-refractivity contribution in [2.45, 2.75) is 76.2 Å². The number of aliphatic carboxylic acids is 1. The Balaban J connectivity index is 1.58. The molecule has 46 heavy (non-hydrogen) atoms. The second kappa shape index (κ2) is 14.7. The molecule has 2 N–H and O–H groups in total. The Morgan fingerprint density at radius 2 is 1.59 bits per heavy atom. The molecule has 5 rings (SSSR count). The first kappa shape index (κ1) is 33.5. The third-order valence-electron chi connectivity index (χ3n) is 9.16. The lowest BCUT2D eigenvalue weighted by Gasteiger charge is -2.48. The summed E-state index contributed by atoms with van der Waals surface area (Å²) in [6.45, 7) is 1.95. The van der Waals surface area contributed by atoms with Crippen molar-refractivity contribution >= 4 is 41.0 Å². The summed E-state index contributed by atoms with van der Waals surface area (Å²) in [6, 6.07) is 21.9. The zero-order valence-electron chi connectivity index (χ0n) is 25.6. The number of amides is 2. The maximum Gasteiger partial charge on any atom is 0.311 e. The third kappa shape index (κ3) is 7.23. The van der Waals surface area contributed by atoms with Gasteiger partial charge in [0, 0.05) is 23.0 Å². The van der Waals surface area contributed by atoms with Crippen LogP contribution >= 0.6 is 23.2 Å². The zero-order chi connectivity index (χ0) is 32.8. The average molecular weight is 663 g/mol. The van der Waals surface area contributed by atoms with E-state index < -0.39 is 41.6 Å². The topological polar surface area (TPSA) is 120 Å². The smallest absolute Gasteiger partial charge is 0.311 e. The summed E-state index contributed by atoms with van der Waals surface area (Å²) in [5.74, 6) is -1.66. The molecule has 2 amide bonds. The Hall–Kier alpha value is -3.90. The minimum absolute atomic E-state index is 0.000799. The van der Waals surface area contributed by atoms with E-state index in [1.54, 1.807) is 53.4 Å². The highest BCUT2D eigenvalue weighted by Gasteiger charge is 2.49. The highest BCUT2D eigenvalue weighted by molar-refractivity contribution is 6.30. The molecule has 0 unspecified atom stereocenters. The number of nitrogens with one attached hydrogen (secondary N) is 1. The van der Waals surface area contributed by atoms with Crippen LogP contribution in [0.3, 0.4) is 0 Å². The number of benzene rings is 3. The Labute approximate surface area is 279 Å². The molecule has 1 saturated carbocycles. The number of rotatable bonds is 11. The van der Waals surface area contributed by atoms with E-state index in [1.807, 2.05) is 31.2 Å². The van der Waals surface area contributed by atoms with Gasteiger partial charge in [-0.3, -0.25) is 14.4 Å². The van der Waals surface area contributed by atoms with E-state index in [9.17, 15) is 24.8 Å². The van der Waals surface area contributed by atoms with E-state index >= 15 is 0 Å². The van der Waals surface area contributed by atoms with Gasteiger partial charge in [-0.1, -0.05) is 85.8 Å². The van der Waals surface area contributed by atoms with Gasteiger partial charge >= 0.3 is 5.97 Å². The molecular formula is C36H37Cl2N3O5. The molecule has 2 aliphatic rings. The number of carboxylic acid groups (broad SMARTS) is 1. The fraction of sp³-hybridized carbons (Fsp3) is 0.389. The minimum Gasteiger partial charge on any atom is -0.481 e. The van der Waals surface area contributed by atoms with Crippen molar-refractivity contribution < 1.29 is 24.2 Å². The molecule has 1 heterocycles. The van der Waals surface area contributed by atoms with Crippen LogP contribution in [0.4, 0.5) is 0 Å². The predicted octanol–water partition coefficient (Wildman–Crippen LogP) is 7.05. The minimum atomic E-state index is -1.01. The van der Waals surface area contributed by atoms with Crippen molar-refractivity contribution in [3.05, 3.63) is 105 Å². The summed E-state index contributed by atoms with van der Waals surface area (Å²) in [5, 5.41) is 23.3. The molecule has 3 aromatic carbocycles. The molecule has 1 aliphatic heterocycles. The fourth-order valence-electron chi connectivity index (χ4n) is 6.64. The molecule has 3 aromatic rings. The molecule has 1 aliphatic carbocycles. The lowest BCUT2D eigenvalue weighted by molar-refractivity contribution is -0.181. The molecule has 2 fully saturated rings. The Morgan fingerprint density at radius 1 is 1.00 bits per heavy atom. The first-order valence-corrected chi connectivity index (χ1v) is 16.4. The molecule has 0 spiro atoms. The molecule has 240 valence electrons. The van der Waals surface area contributed by atoms with Crippen LogP contribution in [-0.4, -0.2) is 46.5 Å². The number of carboxylic acids is 1. The second-order valence-corrected chi connectivity index (χ2v) is 13.0. The number of carbonyl (C=O) groups excluding carboxylic acids is 2. The summed E-state index contributed by atoms with van der Waals surface area (Å²) >= 11 is 12.5. The number of halogens is 2. The first-order chi connectivity index (χ1) is 22.2. The van der Waals surface area contributed by atoms with Gasteiger partial charge in [0.05, 0.1) is 23.1 Å². The molecule has 10 heteroatoms. The summed E-state index contributed by atoms with van der Waals surface area (Å²) < 4.78 is 6.67. The molecule has 0 bridgehead atoms. The Bertz CT molecular complexity index is 1580. The number of hydrogen-bond donors (Lipinski definition) is 2. The molecule has 1 saturated heterocycles. The monoisotopic (exact) mass is 661 g/mol. The van der Waals surface area contributed by atoms with Gasteiger partial charge in [-0.25, -0.2) is 0 Å². The maximum atomic E-state index is 14.6. The number of nitriles is 1. The quantitative estimate of drug-likeness (QED) is 0.227. The van der Waals surface area contributed by atoms with Gasteiger partial charge in [-0.15, -0.1) is 0 Å². The van der Waals surface area contributed by atoms with E-state index in [1.165, 1.54) is 0 Å². The number of nitrogens with zero attached hydrogens (tertiary/aromatic N) is 2. The fourth-order valence-corrected chi connectivity index (χ4v) is 6.89.